The second kappa shape index (κ2) is 5.13. The lowest BCUT2D eigenvalue weighted by molar-refractivity contribution is -0.926. The number of piperidine rings is 2. The fourth-order valence-electron chi connectivity index (χ4n) is 5.35. The number of nitrogens with zero attached hydrogens (tertiary/aromatic N) is 1. The van der Waals surface area contributed by atoms with Crippen LogP contribution in [0.15, 0.2) is 0 Å². The van der Waals surface area contributed by atoms with Gasteiger partial charge in [0.1, 0.15) is 0 Å². The molecule has 2 aliphatic heterocycles. The van der Waals surface area contributed by atoms with Crippen LogP contribution in [0.25, 0.3) is 0 Å². The summed E-state index contributed by atoms with van der Waals surface area (Å²) in [4.78, 5) is 0. The molecule has 0 spiro atoms. The highest BCUT2D eigenvalue weighted by Crippen LogP contribution is 2.50. The first-order valence-electron chi connectivity index (χ1n) is 8.32. The Bertz CT molecular complexity index is 289. The second-order valence-electron chi connectivity index (χ2n) is 7.08. The van der Waals surface area contributed by atoms with Crippen LogP contribution >= 0.6 is 0 Å². The Kier molecular flexibility index (Phi) is 3.68. The minimum atomic E-state index is 0.206. The van der Waals surface area contributed by atoms with Crippen molar-refractivity contribution in [1.82, 2.24) is 0 Å². The van der Waals surface area contributed by atoms with E-state index in [1.165, 1.54) is 57.8 Å². The molecule has 3 rings (SSSR count). The van der Waals surface area contributed by atoms with Gasteiger partial charge >= 0.3 is 0 Å². The zero-order chi connectivity index (χ0) is 12.6. The summed E-state index contributed by atoms with van der Waals surface area (Å²) >= 11 is 0. The molecule has 0 aromatic carbocycles. The summed E-state index contributed by atoms with van der Waals surface area (Å²) in [5.41, 5.74) is 0. The molecule has 1 aliphatic carbocycles. The summed E-state index contributed by atoms with van der Waals surface area (Å²) in [7, 11) is 0. The number of hydroxylamine groups is 3. The molecule has 5 atom stereocenters. The van der Waals surface area contributed by atoms with Gasteiger partial charge in [-0.1, -0.05) is 19.8 Å². The van der Waals surface area contributed by atoms with E-state index in [0.29, 0.717) is 6.04 Å². The number of hydrogen-bond donors (Lipinski definition) is 0. The van der Waals surface area contributed by atoms with E-state index in [0.717, 1.165) is 30.8 Å². The quantitative estimate of drug-likeness (QED) is 0.547. The van der Waals surface area contributed by atoms with E-state index in [-0.39, 0.29) is 4.65 Å². The van der Waals surface area contributed by atoms with Gasteiger partial charge in [-0.2, -0.15) is 0 Å². The van der Waals surface area contributed by atoms with Crippen molar-refractivity contribution in [2.24, 2.45) is 17.8 Å². The molecule has 18 heavy (non-hydrogen) atoms. The molecule has 3 aliphatic rings. The van der Waals surface area contributed by atoms with Gasteiger partial charge in [-0.05, 0) is 50.9 Å². The molecule has 3 fully saturated rings. The van der Waals surface area contributed by atoms with Crippen molar-refractivity contribution in [2.45, 2.75) is 70.8 Å². The largest absolute Gasteiger partial charge is 0.633 e. The molecule has 0 bridgehead atoms. The molecular formula is C16H29NO. The van der Waals surface area contributed by atoms with Crippen LogP contribution in [-0.2, 0) is 0 Å². The Morgan fingerprint density at radius 3 is 2.61 bits per heavy atom. The zero-order valence-corrected chi connectivity index (χ0v) is 11.9. The van der Waals surface area contributed by atoms with E-state index in [1.54, 1.807) is 0 Å². The van der Waals surface area contributed by atoms with E-state index < -0.39 is 0 Å². The fourth-order valence-corrected chi connectivity index (χ4v) is 5.35. The minimum Gasteiger partial charge on any atom is -0.633 e. The van der Waals surface area contributed by atoms with Crippen LogP contribution < -0.4 is 0 Å². The molecule has 0 radical (unpaired) electrons. The topological polar surface area (TPSA) is 23.1 Å². The van der Waals surface area contributed by atoms with Gasteiger partial charge in [-0.3, -0.25) is 0 Å². The Labute approximate surface area is 112 Å². The smallest absolute Gasteiger partial charge is 0.0947 e. The Hall–Kier alpha value is -0.0800. The molecular weight excluding hydrogens is 222 g/mol. The van der Waals surface area contributed by atoms with Gasteiger partial charge in [0, 0.05) is 11.8 Å². The van der Waals surface area contributed by atoms with E-state index in [2.05, 4.69) is 6.92 Å². The summed E-state index contributed by atoms with van der Waals surface area (Å²) in [5.74, 6) is 2.44. The van der Waals surface area contributed by atoms with Crippen molar-refractivity contribution in [3.05, 3.63) is 5.21 Å². The Morgan fingerprint density at radius 2 is 1.83 bits per heavy atom. The first-order chi connectivity index (χ1) is 8.74. The van der Waals surface area contributed by atoms with Crippen molar-refractivity contribution < 1.29 is 4.65 Å². The highest BCUT2D eigenvalue weighted by atomic mass is 16.5. The number of hydrogen-bond acceptors (Lipinski definition) is 1. The van der Waals surface area contributed by atoms with E-state index in [4.69, 9.17) is 0 Å². The monoisotopic (exact) mass is 251 g/mol. The molecule has 2 nitrogen and oxygen atoms in total. The maximum Gasteiger partial charge on any atom is 0.0947 e. The normalized spacial score (nSPS) is 47.7. The summed E-state index contributed by atoms with van der Waals surface area (Å²) in [6, 6.07) is 0.503. The van der Waals surface area contributed by atoms with Gasteiger partial charge in [-0.25, -0.2) is 0 Å². The standard InChI is InChI=1S/C16H29NO/c1-2-3-6-13-9-10-14-7-4-11-17(18)12-5-8-15(13)16(14)17/h13-16H,2-12H2,1H3. The summed E-state index contributed by atoms with van der Waals surface area (Å²) in [6.45, 7) is 4.15. The third-order valence-electron chi connectivity index (χ3n) is 6.09. The maximum absolute atomic E-state index is 13.1. The average Bonchev–Trinajstić information content (AvgIpc) is 2.38. The lowest BCUT2D eigenvalue weighted by atomic mass is 9.63. The molecule has 1 saturated carbocycles. The lowest BCUT2D eigenvalue weighted by Gasteiger charge is -2.62. The lowest BCUT2D eigenvalue weighted by Crippen LogP contribution is -2.65. The fraction of sp³-hybridized carbons (Fsp3) is 1.00. The van der Waals surface area contributed by atoms with E-state index in [1.807, 2.05) is 0 Å². The van der Waals surface area contributed by atoms with Crippen LogP contribution in [0, 0.1) is 23.0 Å². The van der Waals surface area contributed by atoms with Crippen molar-refractivity contribution in [1.29, 1.82) is 0 Å². The molecule has 2 saturated heterocycles. The predicted octanol–water partition coefficient (Wildman–Crippen LogP) is 4.09. The number of unbranched alkanes of at least 4 members (excludes halogenated alkanes) is 1. The first-order valence-corrected chi connectivity index (χ1v) is 8.32. The third kappa shape index (κ3) is 2.12. The van der Waals surface area contributed by atoms with Crippen LogP contribution in [0.4, 0.5) is 0 Å². The van der Waals surface area contributed by atoms with Crippen molar-refractivity contribution in [3.63, 3.8) is 0 Å². The third-order valence-corrected chi connectivity index (χ3v) is 6.09. The van der Waals surface area contributed by atoms with Gasteiger partial charge in [-0.15, -0.1) is 0 Å². The second-order valence-corrected chi connectivity index (χ2v) is 7.08. The number of quaternary nitrogens is 1. The van der Waals surface area contributed by atoms with Crippen molar-refractivity contribution in [3.8, 4) is 0 Å². The molecule has 2 heteroatoms. The van der Waals surface area contributed by atoms with Crippen LogP contribution in [0.5, 0.6) is 0 Å². The maximum atomic E-state index is 13.1. The number of rotatable bonds is 3. The molecule has 0 aromatic heterocycles. The van der Waals surface area contributed by atoms with Crippen LogP contribution in [0.1, 0.15) is 64.7 Å². The van der Waals surface area contributed by atoms with Gasteiger partial charge in [0.15, 0.2) is 0 Å². The predicted molar refractivity (Wildman–Crippen MR) is 74.8 cm³/mol. The Morgan fingerprint density at radius 1 is 1.06 bits per heavy atom. The molecule has 0 amide bonds. The first kappa shape index (κ1) is 12.9. The van der Waals surface area contributed by atoms with Gasteiger partial charge in [0.25, 0.3) is 0 Å². The molecule has 2 heterocycles. The molecule has 0 aromatic rings. The van der Waals surface area contributed by atoms with Crippen LogP contribution in [-0.4, -0.2) is 23.8 Å². The van der Waals surface area contributed by atoms with E-state index in [9.17, 15) is 5.21 Å². The molecule has 5 unspecified atom stereocenters. The Balaban J connectivity index is 1.78. The summed E-state index contributed by atoms with van der Waals surface area (Å²) < 4.78 is 0.206. The SMILES string of the molecule is CCCCC1CCC2CCC[N+]3([O-])CCCC1C23. The zero-order valence-electron chi connectivity index (χ0n) is 11.9. The van der Waals surface area contributed by atoms with Gasteiger partial charge < -0.3 is 9.85 Å². The summed E-state index contributed by atoms with van der Waals surface area (Å²) in [6.07, 6.45) is 12.0. The molecule has 0 N–H and O–H groups in total. The van der Waals surface area contributed by atoms with Gasteiger partial charge in [0.2, 0.25) is 0 Å². The molecule has 104 valence electrons. The highest BCUT2D eigenvalue weighted by Gasteiger charge is 2.51. The van der Waals surface area contributed by atoms with Gasteiger partial charge in [0.05, 0.1) is 19.1 Å². The highest BCUT2D eigenvalue weighted by molar-refractivity contribution is 4.93. The van der Waals surface area contributed by atoms with Crippen molar-refractivity contribution in [2.75, 3.05) is 13.1 Å². The van der Waals surface area contributed by atoms with Crippen LogP contribution in [0.3, 0.4) is 0 Å². The average molecular weight is 251 g/mol. The van der Waals surface area contributed by atoms with Crippen LogP contribution in [0.2, 0.25) is 0 Å². The van der Waals surface area contributed by atoms with E-state index >= 15 is 0 Å². The van der Waals surface area contributed by atoms with Crippen molar-refractivity contribution >= 4 is 0 Å². The summed E-state index contributed by atoms with van der Waals surface area (Å²) in [5, 5.41) is 13.1. The minimum absolute atomic E-state index is 0.206.